The zero-order chi connectivity index (χ0) is 21.1. The smallest absolute Gasteiger partial charge is 0.162 e. The van der Waals surface area contributed by atoms with Crippen LogP contribution in [0.25, 0.3) is 11.4 Å². The van der Waals surface area contributed by atoms with E-state index in [0.717, 1.165) is 17.1 Å². The summed E-state index contributed by atoms with van der Waals surface area (Å²) in [5, 5.41) is 21.5. The van der Waals surface area contributed by atoms with Crippen LogP contribution in [0.5, 0.6) is 0 Å². The second kappa shape index (κ2) is 8.46. The number of hydrogen-bond acceptors (Lipinski definition) is 6. The van der Waals surface area contributed by atoms with Crippen LogP contribution < -0.4 is 0 Å². The van der Waals surface area contributed by atoms with Gasteiger partial charge in [0.2, 0.25) is 0 Å². The molecule has 0 aliphatic carbocycles. The first-order valence-electron chi connectivity index (χ1n) is 9.35. The molecule has 2 aromatic heterocycles. The average molecular weight is 422 g/mol. The molecule has 9 heteroatoms. The molecule has 0 unspecified atom stereocenters. The van der Waals surface area contributed by atoms with Crippen molar-refractivity contribution in [1.29, 1.82) is 0 Å². The van der Waals surface area contributed by atoms with Crippen LogP contribution in [0, 0.1) is 13.8 Å². The largest absolute Gasteiger partial charge is 0.389 e. The minimum Gasteiger partial charge on any atom is -0.389 e. The van der Waals surface area contributed by atoms with E-state index in [4.69, 9.17) is 16.4 Å². The molecule has 0 saturated heterocycles. The lowest BCUT2D eigenvalue weighted by atomic mass is 10.2. The Bertz CT molecular complexity index is 1180. The van der Waals surface area contributed by atoms with E-state index in [0.29, 0.717) is 22.1 Å². The number of aryl methyl sites for hydroxylation is 1. The number of aromatic nitrogens is 6. The Morgan fingerprint density at radius 2 is 1.67 bits per heavy atom. The Kier molecular flexibility index (Phi) is 5.58. The molecule has 0 spiro atoms. The molecule has 0 saturated carbocycles. The molecular weight excluding hydrogens is 402 g/mol. The average Bonchev–Trinajstić information content (AvgIpc) is 3.36. The van der Waals surface area contributed by atoms with Gasteiger partial charge in [0, 0.05) is 5.02 Å². The normalized spacial score (nSPS) is 11.7. The topological polar surface area (TPSA) is 83.0 Å². The van der Waals surface area contributed by atoms with E-state index >= 15 is 0 Å². The molecule has 8 nitrogen and oxygen atoms in total. The monoisotopic (exact) mass is 421 g/mol. The van der Waals surface area contributed by atoms with E-state index < -0.39 is 0 Å². The fourth-order valence-corrected chi connectivity index (χ4v) is 3.04. The van der Waals surface area contributed by atoms with Crippen LogP contribution in [-0.2, 0) is 11.4 Å². The molecule has 4 rings (SSSR count). The molecule has 0 radical (unpaired) electrons. The third-order valence-corrected chi connectivity index (χ3v) is 4.81. The van der Waals surface area contributed by atoms with Crippen molar-refractivity contribution < 1.29 is 4.84 Å². The lowest BCUT2D eigenvalue weighted by Gasteiger charge is -2.04. The van der Waals surface area contributed by atoms with Gasteiger partial charge in [-0.15, -0.1) is 10.2 Å². The van der Waals surface area contributed by atoms with E-state index in [1.165, 1.54) is 5.56 Å². The molecule has 0 aliphatic rings. The molecule has 2 aromatic carbocycles. The fourth-order valence-electron chi connectivity index (χ4n) is 2.92. The second-order valence-electron chi connectivity index (χ2n) is 6.85. The lowest BCUT2D eigenvalue weighted by Crippen LogP contribution is -2.02. The number of hydrogen-bond donors (Lipinski definition) is 0. The van der Waals surface area contributed by atoms with Gasteiger partial charge >= 0.3 is 0 Å². The highest BCUT2D eigenvalue weighted by Gasteiger charge is 2.13. The van der Waals surface area contributed by atoms with Crippen LogP contribution in [0.3, 0.4) is 0 Å². The molecule has 0 bridgehead atoms. The predicted molar refractivity (Wildman–Crippen MR) is 114 cm³/mol. The minimum atomic E-state index is 0.202. The van der Waals surface area contributed by atoms with Gasteiger partial charge in [-0.1, -0.05) is 44.9 Å². The van der Waals surface area contributed by atoms with Crippen molar-refractivity contribution in [3.63, 3.8) is 0 Å². The molecule has 2 heterocycles. The Balaban J connectivity index is 1.43. The molecule has 0 atom stereocenters. The molecule has 0 aliphatic heterocycles. The van der Waals surface area contributed by atoms with E-state index in [-0.39, 0.29) is 6.61 Å². The summed E-state index contributed by atoms with van der Waals surface area (Å²) in [5.41, 5.74) is 5.81. The van der Waals surface area contributed by atoms with Crippen LogP contribution in [0.15, 0.2) is 59.9 Å². The lowest BCUT2D eigenvalue weighted by molar-refractivity contribution is 0.127. The van der Waals surface area contributed by atoms with Crippen molar-refractivity contribution in [2.24, 2.45) is 5.16 Å². The van der Waals surface area contributed by atoms with Crippen LogP contribution in [-0.4, -0.2) is 35.7 Å². The first kappa shape index (κ1) is 19.8. The summed E-state index contributed by atoms with van der Waals surface area (Å²) in [4.78, 5) is 5.47. The van der Waals surface area contributed by atoms with Gasteiger partial charge in [0.05, 0.1) is 23.3 Å². The van der Waals surface area contributed by atoms with E-state index in [9.17, 15) is 0 Å². The van der Waals surface area contributed by atoms with Gasteiger partial charge in [-0.2, -0.15) is 0 Å². The molecule has 30 heavy (non-hydrogen) atoms. The SMILES string of the molecule is CC(=NOCc1cn(-c2ccc(C)cc2)nn1)c1nnn(-c2ccc(Cl)cc2)c1C. The number of oxime groups is 1. The number of benzene rings is 2. The van der Waals surface area contributed by atoms with Crippen molar-refractivity contribution in [2.45, 2.75) is 27.4 Å². The maximum atomic E-state index is 5.95. The highest BCUT2D eigenvalue weighted by Crippen LogP contribution is 2.16. The number of nitrogens with zero attached hydrogens (tertiary/aromatic N) is 7. The standard InChI is InChI=1S/C21H20ClN7O/c1-14-4-8-19(9-5-14)28-12-18(23-26-28)13-30-25-15(2)21-16(3)29(27-24-21)20-10-6-17(22)7-11-20/h4-12H,13H2,1-3H3. The molecular formula is C21H20ClN7O. The van der Waals surface area contributed by atoms with Crippen LogP contribution >= 0.6 is 11.6 Å². The third-order valence-electron chi connectivity index (χ3n) is 4.56. The van der Waals surface area contributed by atoms with Gasteiger partial charge in [-0.05, 0) is 57.2 Å². The molecule has 4 aromatic rings. The summed E-state index contributed by atoms with van der Waals surface area (Å²) in [6, 6.07) is 15.4. The highest BCUT2D eigenvalue weighted by molar-refractivity contribution is 6.30. The fraction of sp³-hybridized carbons (Fsp3) is 0.190. The van der Waals surface area contributed by atoms with Crippen LogP contribution in [0.1, 0.15) is 29.6 Å². The molecule has 152 valence electrons. The van der Waals surface area contributed by atoms with Crippen molar-refractivity contribution in [3.8, 4) is 11.4 Å². The van der Waals surface area contributed by atoms with Crippen molar-refractivity contribution in [2.75, 3.05) is 0 Å². The van der Waals surface area contributed by atoms with Gasteiger partial charge in [0.25, 0.3) is 0 Å². The van der Waals surface area contributed by atoms with Gasteiger partial charge in [-0.3, -0.25) is 0 Å². The molecule has 0 N–H and O–H groups in total. The van der Waals surface area contributed by atoms with Crippen molar-refractivity contribution >= 4 is 17.3 Å². The van der Waals surface area contributed by atoms with Crippen LogP contribution in [0.4, 0.5) is 0 Å². The summed E-state index contributed by atoms with van der Waals surface area (Å²) in [7, 11) is 0. The predicted octanol–water partition coefficient (Wildman–Crippen LogP) is 4.06. The van der Waals surface area contributed by atoms with Crippen LogP contribution in [0.2, 0.25) is 5.02 Å². The van der Waals surface area contributed by atoms with E-state index in [1.807, 2.05) is 75.5 Å². The van der Waals surface area contributed by atoms with Gasteiger partial charge in [0.1, 0.15) is 17.1 Å². The zero-order valence-corrected chi connectivity index (χ0v) is 17.6. The van der Waals surface area contributed by atoms with Crippen molar-refractivity contribution in [3.05, 3.63) is 82.4 Å². The minimum absolute atomic E-state index is 0.202. The summed E-state index contributed by atoms with van der Waals surface area (Å²) in [5.74, 6) is 0. The van der Waals surface area contributed by atoms with Gasteiger partial charge in [0.15, 0.2) is 6.61 Å². The molecule has 0 fully saturated rings. The Morgan fingerprint density at radius 3 is 2.40 bits per heavy atom. The quantitative estimate of drug-likeness (QED) is 0.346. The summed E-state index contributed by atoms with van der Waals surface area (Å²) < 4.78 is 3.44. The summed E-state index contributed by atoms with van der Waals surface area (Å²) in [6.07, 6.45) is 1.82. The molecule has 0 amide bonds. The van der Waals surface area contributed by atoms with E-state index in [2.05, 4.69) is 25.8 Å². The maximum absolute atomic E-state index is 5.95. The van der Waals surface area contributed by atoms with Gasteiger partial charge in [-0.25, -0.2) is 9.36 Å². The highest BCUT2D eigenvalue weighted by atomic mass is 35.5. The third kappa shape index (κ3) is 4.23. The van der Waals surface area contributed by atoms with E-state index in [1.54, 1.807) is 9.36 Å². The Morgan fingerprint density at radius 1 is 0.967 bits per heavy atom. The Labute approximate surface area is 178 Å². The summed E-state index contributed by atoms with van der Waals surface area (Å²) >= 11 is 5.95. The second-order valence-corrected chi connectivity index (χ2v) is 7.29. The first-order valence-corrected chi connectivity index (χ1v) is 9.72. The van der Waals surface area contributed by atoms with Crippen molar-refractivity contribution in [1.82, 2.24) is 30.0 Å². The number of rotatable bonds is 6. The van der Waals surface area contributed by atoms with Gasteiger partial charge < -0.3 is 4.84 Å². The summed E-state index contributed by atoms with van der Waals surface area (Å²) in [6.45, 7) is 6.00. The number of halogens is 1. The Hall–Kier alpha value is -3.52. The first-order chi connectivity index (χ1) is 14.5. The zero-order valence-electron chi connectivity index (χ0n) is 16.8. The maximum Gasteiger partial charge on any atom is 0.162 e.